The Kier molecular flexibility index (Phi) is 3.91. The standard InChI is InChI=1S/C6H11.Hf/c1-5(2)6(3)4;/h1H2,2-4H3;. The predicted molar refractivity (Wildman–Crippen MR) is 28.9 cm³/mol. The van der Waals surface area contributed by atoms with E-state index in [0.717, 1.165) is 0 Å². The van der Waals surface area contributed by atoms with E-state index in [1.54, 1.807) is 5.57 Å². The van der Waals surface area contributed by atoms with Gasteiger partial charge in [-0.2, -0.15) is 0 Å². The molecule has 0 fully saturated rings. The Morgan fingerprint density at radius 3 is 1.71 bits per heavy atom. The van der Waals surface area contributed by atoms with Gasteiger partial charge in [-0.15, -0.1) is 0 Å². The summed E-state index contributed by atoms with van der Waals surface area (Å²) in [6.07, 6.45) is 0. The van der Waals surface area contributed by atoms with Crippen molar-refractivity contribution >= 4 is 0 Å². The van der Waals surface area contributed by atoms with Crippen LogP contribution in [0.4, 0.5) is 0 Å². The molecule has 0 aliphatic carbocycles. The Hall–Kier alpha value is 0.610. The van der Waals surface area contributed by atoms with Crippen LogP contribution in [-0.2, 0) is 24.4 Å². The third kappa shape index (κ3) is 3.22. The molecule has 0 heterocycles. The van der Waals surface area contributed by atoms with Crippen molar-refractivity contribution in [3.05, 3.63) is 11.1 Å². The van der Waals surface area contributed by atoms with E-state index in [1.807, 2.05) is 0 Å². The molecule has 0 unspecified atom stereocenters. The minimum atomic E-state index is 1.31. The Bertz CT molecular complexity index is 78.2. The van der Waals surface area contributed by atoms with Crippen molar-refractivity contribution in [1.29, 1.82) is 0 Å². The summed E-state index contributed by atoms with van der Waals surface area (Å²) < 4.78 is 1.34. The van der Waals surface area contributed by atoms with Gasteiger partial charge in [-0.1, -0.05) is 0 Å². The van der Waals surface area contributed by atoms with Crippen LogP contribution in [0.3, 0.4) is 0 Å². The molecule has 0 aromatic heterocycles. The Balaban J connectivity index is 3.72. The molecule has 0 aliphatic rings. The minimum absolute atomic E-state index is 1.31. The average molecular weight is 262 g/mol. The molecule has 1 heteroatoms. The van der Waals surface area contributed by atoms with Crippen LogP contribution in [0.2, 0.25) is 4.18 Å². The van der Waals surface area contributed by atoms with E-state index in [-0.39, 0.29) is 0 Å². The molecule has 7 heavy (non-hydrogen) atoms. The van der Waals surface area contributed by atoms with E-state index in [4.69, 9.17) is 0 Å². The molecule has 0 saturated heterocycles. The van der Waals surface area contributed by atoms with Gasteiger partial charge < -0.3 is 0 Å². The Morgan fingerprint density at radius 1 is 1.29 bits per heavy atom. The number of rotatable bonds is 1. The summed E-state index contributed by atoms with van der Waals surface area (Å²) in [5, 5.41) is 0. The first kappa shape index (κ1) is 7.61. The molecule has 0 aromatic carbocycles. The van der Waals surface area contributed by atoms with Gasteiger partial charge >= 0.3 is 60.5 Å². The average Bonchev–Trinajstić information content (AvgIpc) is 1.65. The van der Waals surface area contributed by atoms with Gasteiger partial charge in [-0.3, -0.25) is 0 Å². The maximum absolute atomic E-state index is 2.21. The van der Waals surface area contributed by atoms with Gasteiger partial charge in [0.25, 0.3) is 0 Å². The maximum atomic E-state index is 2.21. The molecule has 0 amide bonds. The molecule has 0 rings (SSSR count). The summed E-state index contributed by atoms with van der Waals surface area (Å²) >= 11 is 1.31. The van der Waals surface area contributed by atoms with Gasteiger partial charge in [-0.05, 0) is 0 Å². The van der Waals surface area contributed by atoms with Crippen molar-refractivity contribution in [1.82, 2.24) is 0 Å². The Morgan fingerprint density at radius 2 is 1.71 bits per heavy atom. The van der Waals surface area contributed by atoms with Gasteiger partial charge in [0.2, 0.25) is 0 Å². The summed E-state index contributed by atoms with van der Waals surface area (Å²) in [5.41, 5.74) is 3.07. The van der Waals surface area contributed by atoms with Gasteiger partial charge in [-0.25, -0.2) is 0 Å². The van der Waals surface area contributed by atoms with Gasteiger partial charge in [0.1, 0.15) is 0 Å². The van der Waals surface area contributed by atoms with Crippen molar-refractivity contribution in [3.63, 3.8) is 0 Å². The summed E-state index contributed by atoms with van der Waals surface area (Å²) in [4.78, 5) is 0. The number of allylic oxidation sites excluding steroid dienone is 2. The molecule has 0 N–H and O–H groups in total. The summed E-state index contributed by atoms with van der Waals surface area (Å²) in [6, 6.07) is 0. The van der Waals surface area contributed by atoms with E-state index in [0.29, 0.717) is 0 Å². The van der Waals surface area contributed by atoms with Crippen molar-refractivity contribution in [2.24, 2.45) is 0 Å². The molecule has 0 bridgehead atoms. The molecule has 0 aromatic rings. The molecule has 39 valence electrons. The van der Waals surface area contributed by atoms with Gasteiger partial charge in [0, 0.05) is 0 Å². The van der Waals surface area contributed by atoms with Crippen molar-refractivity contribution in [2.45, 2.75) is 24.9 Å². The van der Waals surface area contributed by atoms with Crippen LogP contribution in [0, 0.1) is 0 Å². The predicted octanol–water partition coefficient (Wildman–Crippen LogP) is 2.31. The number of hydrogen-bond donors (Lipinski definition) is 0. The zero-order valence-electron chi connectivity index (χ0n) is 5.21. The van der Waals surface area contributed by atoms with Crippen LogP contribution >= 0.6 is 0 Å². The zero-order chi connectivity index (χ0) is 5.86. The second-order valence-electron chi connectivity index (χ2n) is 1.96. The first-order chi connectivity index (χ1) is 3.18. The van der Waals surface area contributed by atoms with Crippen molar-refractivity contribution in [3.8, 4) is 0 Å². The molecule has 0 aliphatic heterocycles. The second-order valence-corrected chi connectivity index (χ2v) is 3.23. The third-order valence-corrected chi connectivity index (χ3v) is 3.02. The van der Waals surface area contributed by atoms with E-state index >= 15 is 0 Å². The van der Waals surface area contributed by atoms with Crippen LogP contribution < -0.4 is 0 Å². The summed E-state index contributed by atoms with van der Waals surface area (Å²) in [7, 11) is 0. The molecule has 0 saturated carbocycles. The van der Waals surface area contributed by atoms with Crippen molar-refractivity contribution in [2.75, 3.05) is 0 Å². The topological polar surface area (TPSA) is 0 Å². The SMILES string of the molecule is CC(C)=C(C)[CH2][Hf]. The fourth-order valence-electron chi connectivity index (χ4n) is 0.177. The van der Waals surface area contributed by atoms with E-state index in [2.05, 4.69) is 20.8 Å². The monoisotopic (exact) mass is 263 g/mol. The molecule has 0 nitrogen and oxygen atoms in total. The normalized spacial score (nSPS) is 8.29. The molecule has 0 spiro atoms. The summed E-state index contributed by atoms with van der Waals surface area (Å²) in [6.45, 7) is 6.56. The van der Waals surface area contributed by atoms with E-state index in [9.17, 15) is 0 Å². The third-order valence-electron chi connectivity index (χ3n) is 1.12. The van der Waals surface area contributed by atoms with Crippen LogP contribution in [0.1, 0.15) is 20.8 Å². The van der Waals surface area contributed by atoms with E-state index < -0.39 is 0 Å². The van der Waals surface area contributed by atoms with Crippen LogP contribution in [0.5, 0.6) is 0 Å². The second kappa shape index (κ2) is 3.59. The molecule has 0 radical (unpaired) electrons. The first-order valence-corrected chi connectivity index (χ1v) is 5.00. The van der Waals surface area contributed by atoms with Crippen LogP contribution in [0.25, 0.3) is 0 Å². The van der Waals surface area contributed by atoms with Crippen LogP contribution in [0.15, 0.2) is 11.1 Å². The fourth-order valence-corrected chi connectivity index (χ4v) is 1.45. The molecular weight excluding hydrogens is 251 g/mol. The van der Waals surface area contributed by atoms with Gasteiger partial charge in [0.15, 0.2) is 0 Å². The van der Waals surface area contributed by atoms with Gasteiger partial charge in [0.05, 0.1) is 0 Å². The van der Waals surface area contributed by atoms with Crippen LogP contribution in [-0.4, -0.2) is 0 Å². The zero-order valence-corrected chi connectivity index (χ0v) is 8.80. The fraction of sp³-hybridized carbons (Fsp3) is 0.667. The summed E-state index contributed by atoms with van der Waals surface area (Å²) in [5.74, 6) is 0. The molecule has 0 atom stereocenters. The molecular formula is C6H11Hf. The Labute approximate surface area is 60.6 Å². The van der Waals surface area contributed by atoms with Crippen molar-refractivity contribution < 1.29 is 24.4 Å². The first-order valence-electron chi connectivity index (χ1n) is 2.46. The quantitative estimate of drug-likeness (QED) is 0.502. The van der Waals surface area contributed by atoms with E-state index in [1.165, 1.54) is 34.1 Å². The number of hydrogen-bond acceptors (Lipinski definition) is 0.